The Morgan fingerprint density at radius 1 is 1.41 bits per heavy atom. The van der Waals surface area contributed by atoms with Gasteiger partial charge in [-0.15, -0.1) is 0 Å². The number of hydrogen-bond donors (Lipinski definition) is 1. The van der Waals surface area contributed by atoms with Crippen molar-refractivity contribution in [1.29, 1.82) is 0 Å². The van der Waals surface area contributed by atoms with E-state index in [1.807, 2.05) is 0 Å². The predicted molar refractivity (Wildman–Crippen MR) is 74.9 cm³/mol. The van der Waals surface area contributed by atoms with Crippen molar-refractivity contribution in [2.24, 2.45) is 0 Å². The van der Waals surface area contributed by atoms with E-state index in [4.69, 9.17) is 4.74 Å². The van der Waals surface area contributed by atoms with Crippen molar-refractivity contribution in [2.45, 2.75) is 39.2 Å². The molecular weight excluding hydrogens is 278 g/mol. The molecule has 94 valence electrons. The quantitative estimate of drug-likeness (QED) is 0.902. The van der Waals surface area contributed by atoms with Crippen LogP contribution >= 0.6 is 15.9 Å². The second-order valence-corrected chi connectivity index (χ2v) is 5.86. The van der Waals surface area contributed by atoms with E-state index >= 15 is 0 Å². The van der Waals surface area contributed by atoms with E-state index in [-0.39, 0.29) is 6.10 Å². The normalized spacial score (nSPS) is 19.9. The number of ether oxygens (including phenoxy) is 1. The summed E-state index contributed by atoms with van der Waals surface area (Å²) in [5, 5.41) is 3.47. The number of hydrogen-bond acceptors (Lipinski definition) is 2. The summed E-state index contributed by atoms with van der Waals surface area (Å²) in [6, 6.07) is 4.42. The largest absolute Gasteiger partial charge is 0.490 e. The Hall–Kier alpha value is -0.540. The van der Waals surface area contributed by atoms with Crippen LogP contribution in [0.1, 0.15) is 37.8 Å². The first kappa shape index (κ1) is 12.9. The standard InChI is InChI=1S/C14H20BrNO/c1-9(2)17-14-6-11-4-5-16-8-10(3)12(11)7-13(14)15/h6-7,9-10,16H,4-5,8H2,1-3H3/t10-/m1/s1. The Morgan fingerprint density at radius 2 is 2.18 bits per heavy atom. The Bertz CT molecular complexity index is 403. The van der Waals surface area contributed by atoms with Crippen molar-refractivity contribution in [3.8, 4) is 5.75 Å². The van der Waals surface area contributed by atoms with Gasteiger partial charge in [-0.25, -0.2) is 0 Å². The van der Waals surface area contributed by atoms with Crippen LogP contribution in [0.5, 0.6) is 5.75 Å². The Morgan fingerprint density at radius 3 is 2.88 bits per heavy atom. The van der Waals surface area contributed by atoms with Crippen molar-refractivity contribution in [3.05, 3.63) is 27.7 Å². The summed E-state index contributed by atoms with van der Waals surface area (Å²) in [4.78, 5) is 0. The summed E-state index contributed by atoms with van der Waals surface area (Å²) in [5.74, 6) is 1.53. The molecule has 0 spiro atoms. The third-order valence-corrected chi connectivity index (χ3v) is 3.73. The van der Waals surface area contributed by atoms with Crippen LogP contribution in [0.3, 0.4) is 0 Å². The third-order valence-electron chi connectivity index (χ3n) is 3.11. The number of benzene rings is 1. The molecule has 0 radical (unpaired) electrons. The Labute approximate surface area is 112 Å². The number of fused-ring (bicyclic) bond motifs is 1. The van der Waals surface area contributed by atoms with Gasteiger partial charge < -0.3 is 10.1 Å². The van der Waals surface area contributed by atoms with Gasteiger partial charge in [-0.1, -0.05) is 6.92 Å². The lowest BCUT2D eigenvalue weighted by Crippen LogP contribution is -2.18. The molecule has 3 heteroatoms. The highest BCUT2D eigenvalue weighted by molar-refractivity contribution is 9.10. The van der Waals surface area contributed by atoms with Gasteiger partial charge in [0.15, 0.2) is 0 Å². The molecule has 2 nitrogen and oxygen atoms in total. The van der Waals surface area contributed by atoms with E-state index in [1.54, 1.807) is 0 Å². The van der Waals surface area contributed by atoms with Crippen LogP contribution in [-0.4, -0.2) is 19.2 Å². The summed E-state index contributed by atoms with van der Waals surface area (Å²) in [7, 11) is 0. The minimum Gasteiger partial charge on any atom is -0.490 e. The molecule has 1 aliphatic rings. The topological polar surface area (TPSA) is 21.3 Å². The zero-order valence-electron chi connectivity index (χ0n) is 10.7. The average Bonchev–Trinajstić information content (AvgIpc) is 2.42. The zero-order chi connectivity index (χ0) is 12.4. The number of halogens is 1. The van der Waals surface area contributed by atoms with Crippen LogP contribution in [0.4, 0.5) is 0 Å². The molecule has 0 aromatic heterocycles. The number of nitrogens with one attached hydrogen (secondary N) is 1. The molecule has 0 saturated heterocycles. The van der Waals surface area contributed by atoms with E-state index in [0.29, 0.717) is 5.92 Å². The highest BCUT2D eigenvalue weighted by atomic mass is 79.9. The fraction of sp³-hybridized carbons (Fsp3) is 0.571. The SMILES string of the molecule is CC(C)Oc1cc2c(cc1Br)[C@H](C)CNCC2. The molecular formula is C14H20BrNO. The first-order valence-corrected chi connectivity index (χ1v) is 7.07. The maximum Gasteiger partial charge on any atom is 0.134 e. The summed E-state index contributed by atoms with van der Waals surface area (Å²) < 4.78 is 6.89. The number of rotatable bonds is 2. The van der Waals surface area contributed by atoms with E-state index in [0.717, 1.165) is 29.7 Å². The van der Waals surface area contributed by atoms with Crippen molar-refractivity contribution in [2.75, 3.05) is 13.1 Å². The molecule has 1 atom stereocenters. The molecule has 17 heavy (non-hydrogen) atoms. The van der Waals surface area contributed by atoms with Crippen LogP contribution in [0.25, 0.3) is 0 Å². The van der Waals surface area contributed by atoms with Crippen LogP contribution in [0.2, 0.25) is 0 Å². The van der Waals surface area contributed by atoms with Crippen LogP contribution < -0.4 is 10.1 Å². The van der Waals surface area contributed by atoms with Gasteiger partial charge in [0.2, 0.25) is 0 Å². The molecule has 0 unspecified atom stereocenters. The minimum absolute atomic E-state index is 0.214. The maximum absolute atomic E-state index is 5.82. The average molecular weight is 298 g/mol. The summed E-state index contributed by atoms with van der Waals surface area (Å²) in [6.45, 7) is 8.50. The van der Waals surface area contributed by atoms with Gasteiger partial charge >= 0.3 is 0 Å². The Kier molecular flexibility index (Phi) is 4.10. The summed E-state index contributed by atoms with van der Waals surface area (Å²) in [6.07, 6.45) is 1.30. The molecule has 1 N–H and O–H groups in total. The molecule has 1 aromatic rings. The van der Waals surface area contributed by atoms with E-state index in [9.17, 15) is 0 Å². The summed E-state index contributed by atoms with van der Waals surface area (Å²) in [5.41, 5.74) is 2.86. The minimum atomic E-state index is 0.214. The second kappa shape index (κ2) is 5.40. The van der Waals surface area contributed by atoms with Gasteiger partial charge in [-0.3, -0.25) is 0 Å². The van der Waals surface area contributed by atoms with E-state index in [2.05, 4.69) is 54.2 Å². The molecule has 0 bridgehead atoms. The lowest BCUT2D eigenvalue weighted by molar-refractivity contribution is 0.240. The van der Waals surface area contributed by atoms with E-state index < -0.39 is 0 Å². The fourth-order valence-electron chi connectivity index (χ4n) is 2.28. The lowest BCUT2D eigenvalue weighted by Gasteiger charge is -2.17. The van der Waals surface area contributed by atoms with Gasteiger partial charge in [-0.05, 0) is 71.9 Å². The lowest BCUT2D eigenvalue weighted by atomic mass is 9.95. The van der Waals surface area contributed by atoms with E-state index in [1.165, 1.54) is 11.1 Å². The van der Waals surface area contributed by atoms with Crippen molar-refractivity contribution in [1.82, 2.24) is 5.32 Å². The van der Waals surface area contributed by atoms with Crippen molar-refractivity contribution < 1.29 is 4.74 Å². The van der Waals surface area contributed by atoms with Gasteiger partial charge in [0, 0.05) is 6.54 Å². The zero-order valence-corrected chi connectivity index (χ0v) is 12.3. The summed E-state index contributed by atoms with van der Waals surface area (Å²) >= 11 is 3.61. The highest BCUT2D eigenvalue weighted by Crippen LogP contribution is 2.33. The smallest absolute Gasteiger partial charge is 0.134 e. The van der Waals surface area contributed by atoms with Crippen molar-refractivity contribution >= 4 is 15.9 Å². The van der Waals surface area contributed by atoms with Crippen LogP contribution in [-0.2, 0) is 6.42 Å². The molecule has 0 saturated carbocycles. The van der Waals surface area contributed by atoms with Gasteiger partial charge in [0.25, 0.3) is 0 Å². The molecule has 1 aliphatic heterocycles. The maximum atomic E-state index is 5.82. The highest BCUT2D eigenvalue weighted by Gasteiger charge is 2.17. The molecule has 1 aromatic carbocycles. The molecule has 0 aliphatic carbocycles. The van der Waals surface area contributed by atoms with Gasteiger partial charge in [0.1, 0.15) is 5.75 Å². The third kappa shape index (κ3) is 3.02. The first-order chi connectivity index (χ1) is 8.08. The molecule has 0 amide bonds. The Balaban J connectivity index is 2.37. The molecule has 2 rings (SSSR count). The van der Waals surface area contributed by atoms with Gasteiger partial charge in [-0.2, -0.15) is 0 Å². The predicted octanol–water partition coefficient (Wildman–Crippen LogP) is 3.49. The first-order valence-electron chi connectivity index (χ1n) is 6.27. The fourth-order valence-corrected chi connectivity index (χ4v) is 2.74. The van der Waals surface area contributed by atoms with Crippen LogP contribution in [0, 0.1) is 0 Å². The van der Waals surface area contributed by atoms with Gasteiger partial charge in [0.05, 0.1) is 10.6 Å². The molecule has 0 fully saturated rings. The van der Waals surface area contributed by atoms with Crippen molar-refractivity contribution in [3.63, 3.8) is 0 Å². The second-order valence-electron chi connectivity index (χ2n) is 5.00. The monoisotopic (exact) mass is 297 g/mol. The molecule has 1 heterocycles. The van der Waals surface area contributed by atoms with Crippen LogP contribution in [0.15, 0.2) is 16.6 Å².